The van der Waals surface area contributed by atoms with Gasteiger partial charge in [-0.1, -0.05) is 18.2 Å². The van der Waals surface area contributed by atoms with Crippen LogP contribution in [0.5, 0.6) is 5.75 Å². The van der Waals surface area contributed by atoms with Crippen LogP contribution in [-0.2, 0) is 9.53 Å². The molecule has 0 aliphatic carbocycles. The largest absolute Gasteiger partial charge is 0.490 e. The lowest BCUT2D eigenvalue weighted by molar-refractivity contribution is -0.136. The summed E-state index contributed by atoms with van der Waals surface area (Å²) < 4.78 is 23.9. The Balaban J connectivity index is 1.78. The standard InChI is InChI=1S/C20H29FN2O4/c1-3-22(4-2)19(24)16-10-12-23(13-11-16)20(25)27-18(14-21)15-26-17-8-6-5-7-9-17/h5-9,16,18H,3-4,10-15H2,1-2H3. The maximum absolute atomic E-state index is 13.2. The van der Waals surface area contributed by atoms with E-state index >= 15 is 0 Å². The third-order valence-electron chi connectivity index (χ3n) is 4.80. The zero-order valence-corrected chi connectivity index (χ0v) is 16.1. The summed E-state index contributed by atoms with van der Waals surface area (Å²) in [6, 6.07) is 9.00. The van der Waals surface area contributed by atoms with Crippen molar-refractivity contribution in [2.75, 3.05) is 39.5 Å². The van der Waals surface area contributed by atoms with Crippen LogP contribution in [0.4, 0.5) is 9.18 Å². The molecule has 1 aromatic rings. The lowest BCUT2D eigenvalue weighted by atomic mass is 9.95. The van der Waals surface area contributed by atoms with Gasteiger partial charge in [0.2, 0.25) is 5.91 Å². The minimum Gasteiger partial charge on any atom is -0.490 e. The van der Waals surface area contributed by atoms with Gasteiger partial charge in [0.15, 0.2) is 6.10 Å². The molecule has 1 aliphatic rings. The molecule has 1 fully saturated rings. The molecule has 7 heteroatoms. The second-order valence-electron chi connectivity index (χ2n) is 6.56. The van der Waals surface area contributed by atoms with Gasteiger partial charge in [-0.3, -0.25) is 4.79 Å². The van der Waals surface area contributed by atoms with Gasteiger partial charge >= 0.3 is 6.09 Å². The van der Waals surface area contributed by atoms with Crippen molar-refractivity contribution >= 4 is 12.0 Å². The highest BCUT2D eigenvalue weighted by molar-refractivity contribution is 5.79. The fraction of sp³-hybridized carbons (Fsp3) is 0.600. The van der Waals surface area contributed by atoms with Crippen molar-refractivity contribution in [1.29, 1.82) is 0 Å². The average Bonchev–Trinajstić information content (AvgIpc) is 2.72. The van der Waals surface area contributed by atoms with Gasteiger partial charge in [-0.15, -0.1) is 0 Å². The van der Waals surface area contributed by atoms with E-state index in [1.54, 1.807) is 12.1 Å². The minimum absolute atomic E-state index is 0.0385. The molecule has 0 radical (unpaired) electrons. The third-order valence-corrected chi connectivity index (χ3v) is 4.80. The molecular formula is C20H29FN2O4. The Morgan fingerprint density at radius 3 is 2.37 bits per heavy atom. The van der Waals surface area contributed by atoms with Crippen LogP contribution < -0.4 is 4.74 Å². The number of hydrogen-bond donors (Lipinski definition) is 0. The van der Waals surface area contributed by atoms with E-state index in [0.29, 0.717) is 44.8 Å². The van der Waals surface area contributed by atoms with Crippen LogP contribution in [-0.4, -0.2) is 67.4 Å². The number of halogens is 1. The molecule has 2 rings (SSSR count). The molecule has 1 aliphatic heterocycles. The van der Waals surface area contributed by atoms with Gasteiger partial charge in [-0.25, -0.2) is 9.18 Å². The van der Waals surface area contributed by atoms with Gasteiger partial charge in [-0.05, 0) is 38.8 Å². The summed E-state index contributed by atoms with van der Waals surface area (Å²) in [4.78, 5) is 28.1. The third kappa shape index (κ3) is 6.12. The Morgan fingerprint density at radius 2 is 1.81 bits per heavy atom. The van der Waals surface area contributed by atoms with Crippen LogP contribution in [0.15, 0.2) is 30.3 Å². The molecule has 0 N–H and O–H groups in total. The molecule has 1 heterocycles. The Bertz CT molecular complexity index is 587. The average molecular weight is 380 g/mol. The van der Waals surface area contributed by atoms with Crippen molar-refractivity contribution < 1.29 is 23.5 Å². The molecule has 1 unspecified atom stereocenters. The highest BCUT2D eigenvalue weighted by Crippen LogP contribution is 2.21. The summed E-state index contributed by atoms with van der Waals surface area (Å²) in [6.45, 7) is 5.34. The highest BCUT2D eigenvalue weighted by atomic mass is 19.1. The molecule has 0 saturated carbocycles. The minimum atomic E-state index is -0.951. The fourth-order valence-corrected chi connectivity index (χ4v) is 3.14. The van der Waals surface area contributed by atoms with Gasteiger partial charge in [0, 0.05) is 32.1 Å². The Hall–Kier alpha value is -2.31. The number of nitrogens with zero attached hydrogens (tertiary/aromatic N) is 2. The Kier molecular flexibility index (Phi) is 8.36. The van der Waals surface area contributed by atoms with Crippen LogP contribution in [0.25, 0.3) is 0 Å². The van der Waals surface area contributed by atoms with Gasteiger partial charge in [0.1, 0.15) is 19.0 Å². The zero-order chi connectivity index (χ0) is 19.6. The summed E-state index contributed by atoms with van der Waals surface area (Å²) in [5.74, 6) is 0.681. The van der Waals surface area contributed by atoms with E-state index in [1.165, 1.54) is 4.90 Å². The molecule has 1 atom stereocenters. The predicted octanol–water partition coefficient (Wildman–Crippen LogP) is 3.12. The number of ether oxygens (including phenoxy) is 2. The lowest BCUT2D eigenvalue weighted by Crippen LogP contribution is -2.45. The summed E-state index contributed by atoms with van der Waals surface area (Å²) >= 11 is 0. The van der Waals surface area contributed by atoms with E-state index in [2.05, 4.69) is 0 Å². The number of piperidine rings is 1. The number of carbonyl (C=O) groups excluding carboxylic acids is 2. The number of amides is 2. The summed E-state index contributed by atoms with van der Waals surface area (Å²) in [7, 11) is 0. The molecule has 2 amide bonds. The first-order valence-corrected chi connectivity index (χ1v) is 9.57. The van der Waals surface area contributed by atoms with Crippen molar-refractivity contribution in [2.24, 2.45) is 5.92 Å². The van der Waals surface area contributed by atoms with Gasteiger partial charge in [0.25, 0.3) is 0 Å². The van der Waals surface area contributed by atoms with Crippen molar-refractivity contribution in [3.05, 3.63) is 30.3 Å². The predicted molar refractivity (Wildman–Crippen MR) is 100 cm³/mol. The molecule has 27 heavy (non-hydrogen) atoms. The van der Waals surface area contributed by atoms with E-state index in [1.807, 2.05) is 36.9 Å². The molecule has 6 nitrogen and oxygen atoms in total. The monoisotopic (exact) mass is 380 g/mol. The number of hydrogen-bond acceptors (Lipinski definition) is 4. The number of carbonyl (C=O) groups is 2. The number of para-hydroxylation sites is 1. The summed E-state index contributed by atoms with van der Waals surface area (Å²) in [5.41, 5.74) is 0. The van der Waals surface area contributed by atoms with E-state index in [4.69, 9.17) is 9.47 Å². The van der Waals surface area contributed by atoms with Gasteiger partial charge in [0.05, 0.1) is 0 Å². The Labute approximate surface area is 160 Å². The number of rotatable bonds is 8. The van der Waals surface area contributed by atoms with Crippen LogP contribution >= 0.6 is 0 Å². The zero-order valence-electron chi connectivity index (χ0n) is 16.1. The first-order valence-electron chi connectivity index (χ1n) is 9.57. The normalized spacial score (nSPS) is 15.9. The molecule has 0 spiro atoms. The second-order valence-corrected chi connectivity index (χ2v) is 6.56. The van der Waals surface area contributed by atoms with Crippen LogP contribution in [0.1, 0.15) is 26.7 Å². The van der Waals surface area contributed by atoms with Crippen molar-refractivity contribution in [3.8, 4) is 5.75 Å². The number of benzene rings is 1. The van der Waals surface area contributed by atoms with E-state index < -0.39 is 18.9 Å². The van der Waals surface area contributed by atoms with Crippen LogP contribution in [0, 0.1) is 5.92 Å². The maximum atomic E-state index is 13.2. The van der Waals surface area contributed by atoms with Crippen LogP contribution in [0.3, 0.4) is 0 Å². The fourth-order valence-electron chi connectivity index (χ4n) is 3.14. The summed E-state index contributed by atoms with van der Waals surface area (Å²) in [6.07, 6.45) is -0.299. The maximum Gasteiger partial charge on any atom is 0.410 e. The lowest BCUT2D eigenvalue weighted by Gasteiger charge is -2.33. The van der Waals surface area contributed by atoms with Gasteiger partial charge < -0.3 is 19.3 Å². The van der Waals surface area contributed by atoms with E-state index in [-0.39, 0.29) is 18.4 Å². The number of alkyl halides is 1. The molecule has 1 saturated heterocycles. The van der Waals surface area contributed by atoms with Gasteiger partial charge in [-0.2, -0.15) is 0 Å². The van der Waals surface area contributed by atoms with Crippen molar-refractivity contribution in [1.82, 2.24) is 9.80 Å². The number of likely N-dealkylation sites (tertiary alicyclic amines) is 1. The van der Waals surface area contributed by atoms with E-state index in [9.17, 15) is 14.0 Å². The quantitative estimate of drug-likeness (QED) is 0.695. The molecular weight excluding hydrogens is 351 g/mol. The molecule has 150 valence electrons. The Morgan fingerprint density at radius 1 is 1.19 bits per heavy atom. The molecule has 1 aromatic carbocycles. The molecule has 0 bridgehead atoms. The smallest absolute Gasteiger partial charge is 0.410 e. The van der Waals surface area contributed by atoms with E-state index in [0.717, 1.165) is 0 Å². The summed E-state index contributed by atoms with van der Waals surface area (Å²) in [5, 5.41) is 0. The van der Waals surface area contributed by atoms with Crippen molar-refractivity contribution in [2.45, 2.75) is 32.8 Å². The molecule has 0 aromatic heterocycles. The topological polar surface area (TPSA) is 59.1 Å². The van der Waals surface area contributed by atoms with Crippen molar-refractivity contribution in [3.63, 3.8) is 0 Å². The second kappa shape index (κ2) is 10.7. The SMILES string of the molecule is CCN(CC)C(=O)C1CCN(C(=O)OC(CF)COc2ccccc2)CC1. The highest BCUT2D eigenvalue weighted by Gasteiger charge is 2.31. The first-order chi connectivity index (χ1) is 13.1. The first kappa shape index (κ1) is 21.0. The van der Waals surface area contributed by atoms with Crippen LogP contribution in [0.2, 0.25) is 0 Å².